The molecule has 19 heavy (non-hydrogen) atoms. The monoisotopic (exact) mass is 326 g/mol. The molecule has 0 bridgehead atoms. The molecule has 0 aliphatic heterocycles. The highest BCUT2D eigenvalue weighted by Crippen LogP contribution is 2.31. The average molecular weight is 327 g/mol. The largest absolute Gasteiger partial charge is 0.476 e. The zero-order valence-electron chi connectivity index (χ0n) is 10.3. The van der Waals surface area contributed by atoms with Crippen LogP contribution in [0.1, 0.15) is 18.7 Å². The van der Waals surface area contributed by atoms with Crippen molar-refractivity contribution in [3.05, 3.63) is 44.8 Å². The first-order valence-electron chi connectivity index (χ1n) is 5.43. The Bertz CT molecular complexity index is 614. The van der Waals surface area contributed by atoms with Gasteiger partial charge in [-0.25, -0.2) is 0 Å². The first kappa shape index (κ1) is 13.5. The lowest BCUT2D eigenvalue weighted by Crippen LogP contribution is -2.10. The van der Waals surface area contributed by atoms with E-state index in [1.54, 1.807) is 30.9 Å². The van der Waals surface area contributed by atoms with Crippen molar-refractivity contribution in [3.8, 4) is 5.75 Å². The van der Waals surface area contributed by atoms with Crippen molar-refractivity contribution in [3.63, 3.8) is 0 Å². The van der Waals surface area contributed by atoms with Gasteiger partial charge in [0.15, 0.2) is 6.20 Å². The van der Waals surface area contributed by atoms with Crippen molar-refractivity contribution in [1.82, 2.24) is 14.8 Å². The standard InChI is InChI=1S/C11H11BrN4O3/c1-7(9-3-4-14-15(9)2)19-10-5-8(12)6-13-11(10)16(17)18/h3-7H,1-2H3. The Morgan fingerprint density at radius 3 is 2.89 bits per heavy atom. The van der Waals surface area contributed by atoms with Crippen LogP contribution in [0.3, 0.4) is 0 Å². The lowest BCUT2D eigenvalue weighted by atomic mass is 10.3. The van der Waals surface area contributed by atoms with Crippen molar-refractivity contribution in [2.24, 2.45) is 7.05 Å². The van der Waals surface area contributed by atoms with Gasteiger partial charge in [0.1, 0.15) is 6.10 Å². The minimum atomic E-state index is -0.572. The summed E-state index contributed by atoms with van der Waals surface area (Å²) in [5.41, 5.74) is 0.814. The molecule has 7 nitrogen and oxygen atoms in total. The molecule has 0 fully saturated rings. The number of ether oxygens (including phenoxy) is 1. The number of rotatable bonds is 4. The molecule has 0 aromatic carbocycles. The molecule has 0 aliphatic carbocycles. The van der Waals surface area contributed by atoms with Gasteiger partial charge in [0.2, 0.25) is 5.75 Å². The van der Waals surface area contributed by atoms with E-state index in [4.69, 9.17) is 4.74 Å². The molecule has 2 heterocycles. The van der Waals surface area contributed by atoms with E-state index in [0.29, 0.717) is 4.47 Å². The van der Waals surface area contributed by atoms with Crippen LogP contribution in [0.4, 0.5) is 5.82 Å². The highest BCUT2D eigenvalue weighted by atomic mass is 79.9. The van der Waals surface area contributed by atoms with Gasteiger partial charge in [-0.1, -0.05) is 0 Å². The Morgan fingerprint density at radius 2 is 2.32 bits per heavy atom. The Morgan fingerprint density at radius 1 is 1.58 bits per heavy atom. The number of halogens is 1. The summed E-state index contributed by atoms with van der Waals surface area (Å²) in [5, 5.41) is 14.9. The smallest absolute Gasteiger partial charge is 0.406 e. The number of hydrogen-bond acceptors (Lipinski definition) is 5. The number of pyridine rings is 1. The molecule has 2 rings (SSSR count). The van der Waals surface area contributed by atoms with E-state index in [0.717, 1.165) is 5.69 Å². The minimum Gasteiger partial charge on any atom is -0.476 e. The summed E-state index contributed by atoms with van der Waals surface area (Å²) in [7, 11) is 1.78. The molecule has 0 aliphatic rings. The molecular formula is C11H11BrN4O3. The van der Waals surface area contributed by atoms with Gasteiger partial charge in [0, 0.05) is 19.3 Å². The molecule has 2 aromatic rings. The van der Waals surface area contributed by atoms with Crippen LogP contribution in [0.25, 0.3) is 0 Å². The average Bonchev–Trinajstić information content (AvgIpc) is 2.75. The fourth-order valence-electron chi connectivity index (χ4n) is 1.67. The summed E-state index contributed by atoms with van der Waals surface area (Å²) < 4.78 is 7.89. The third-order valence-corrected chi connectivity index (χ3v) is 2.99. The Labute approximate surface area is 117 Å². The molecule has 1 unspecified atom stereocenters. The minimum absolute atomic E-state index is 0.119. The topological polar surface area (TPSA) is 83.1 Å². The molecular weight excluding hydrogens is 316 g/mol. The van der Waals surface area contributed by atoms with E-state index in [9.17, 15) is 10.1 Å². The molecule has 8 heteroatoms. The van der Waals surface area contributed by atoms with Crippen molar-refractivity contribution in [2.45, 2.75) is 13.0 Å². The number of aromatic nitrogens is 3. The fourth-order valence-corrected chi connectivity index (χ4v) is 1.98. The zero-order chi connectivity index (χ0) is 14.0. The van der Waals surface area contributed by atoms with Crippen LogP contribution >= 0.6 is 15.9 Å². The van der Waals surface area contributed by atoms with Crippen molar-refractivity contribution < 1.29 is 9.66 Å². The maximum atomic E-state index is 10.9. The van der Waals surface area contributed by atoms with Gasteiger partial charge < -0.3 is 14.9 Å². The molecule has 0 saturated carbocycles. The summed E-state index contributed by atoms with van der Waals surface area (Å²) in [6.45, 7) is 1.79. The molecule has 0 saturated heterocycles. The Hall–Kier alpha value is -1.96. The van der Waals surface area contributed by atoms with Crippen LogP contribution < -0.4 is 4.74 Å². The van der Waals surface area contributed by atoms with Gasteiger partial charge in [0.25, 0.3) is 0 Å². The molecule has 0 spiro atoms. The summed E-state index contributed by atoms with van der Waals surface area (Å²) in [6, 6.07) is 3.32. The highest BCUT2D eigenvalue weighted by Gasteiger charge is 2.21. The lowest BCUT2D eigenvalue weighted by molar-refractivity contribution is -0.390. The second-order valence-corrected chi connectivity index (χ2v) is 4.79. The lowest BCUT2D eigenvalue weighted by Gasteiger charge is -2.14. The number of hydrogen-bond donors (Lipinski definition) is 0. The predicted octanol–water partition coefficient (Wildman–Crippen LogP) is 2.63. The van der Waals surface area contributed by atoms with Crippen LogP contribution in [0.2, 0.25) is 0 Å². The summed E-state index contributed by atoms with van der Waals surface area (Å²) >= 11 is 3.22. The highest BCUT2D eigenvalue weighted by molar-refractivity contribution is 9.10. The fraction of sp³-hybridized carbons (Fsp3) is 0.273. The quantitative estimate of drug-likeness (QED) is 0.637. The second kappa shape index (κ2) is 5.35. The van der Waals surface area contributed by atoms with Gasteiger partial charge >= 0.3 is 5.82 Å². The number of aryl methyl sites for hydroxylation is 1. The first-order valence-corrected chi connectivity index (χ1v) is 6.23. The SMILES string of the molecule is CC(Oc1cc(Br)cnc1[N+](=O)[O-])c1ccnn1C. The second-order valence-electron chi connectivity index (χ2n) is 3.87. The van der Waals surface area contributed by atoms with Gasteiger partial charge in [-0.2, -0.15) is 5.10 Å². The Balaban J connectivity index is 2.30. The molecule has 1 atom stereocenters. The van der Waals surface area contributed by atoms with Crippen LogP contribution in [0.5, 0.6) is 5.75 Å². The summed E-state index contributed by atoms with van der Waals surface area (Å²) in [5.74, 6) is -0.190. The maximum absolute atomic E-state index is 10.9. The number of nitro groups is 1. The van der Waals surface area contributed by atoms with E-state index >= 15 is 0 Å². The van der Waals surface area contributed by atoms with Gasteiger partial charge in [-0.3, -0.25) is 4.68 Å². The number of nitrogens with zero attached hydrogens (tertiary/aromatic N) is 4. The Kier molecular flexibility index (Phi) is 3.79. The van der Waals surface area contributed by atoms with E-state index in [1.807, 2.05) is 0 Å². The van der Waals surface area contributed by atoms with Crippen molar-refractivity contribution >= 4 is 21.7 Å². The van der Waals surface area contributed by atoms with E-state index < -0.39 is 4.92 Å². The summed E-state index contributed by atoms with van der Waals surface area (Å²) in [6.07, 6.45) is 2.63. The van der Waals surface area contributed by atoms with Crippen molar-refractivity contribution in [2.75, 3.05) is 0 Å². The van der Waals surface area contributed by atoms with Crippen LogP contribution in [0.15, 0.2) is 29.0 Å². The zero-order valence-corrected chi connectivity index (χ0v) is 11.9. The van der Waals surface area contributed by atoms with Gasteiger partial charge in [-0.05, 0) is 38.8 Å². The van der Waals surface area contributed by atoms with Gasteiger partial charge in [0.05, 0.1) is 10.2 Å². The maximum Gasteiger partial charge on any atom is 0.406 e. The van der Waals surface area contributed by atoms with Crippen LogP contribution in [0, 0.1) is 10.1 Å². The molecule has 100 valence electrons. The van der Waals surface area contributed by atoms with E-state index in [-0.39, 0.29) is 17.7 Å². The first-order chi connectivity index (χ1) is 8.99. The molecule has 0 N–H and O–H groups in total. The van der Waals surface area contributed by atoms with Crippen LogP contribution in [-0.2, 0) is 7.05 Å². The molecule has 2 aromatic heterocycles. The third-order valence-electron chi connectivity index (χ3n) is 2.55. The molecule has 0 radical (unpaired) electrons. The van der Waals surface area contributed by atoms with Gasteiger partial charge in [-0.15, -0.1) is 0 Å². The van der Waals surface area contributed by atoms with E-state index in [1.165, 1.54) is 12.3 Å². The van der Waals surface area contributed by atoms with Crippen molar-refractivity contribution in [1.29, 1.82) is 0 Å². The van der Waals surface area contributed by atoms with E-state index in [2.05, 4.69) is 26.0 Å². The normalized spacial score (nSPS) is 12.2. The van der Waals surface area contributed by atoms with Crippen LogP contribution in [-0.4, -0.2) is 19.7 Å². The molecule has 0 amide bonds. The third kappa shape index (κ3) is 2.90. The summed E-state index contributed by atoms with van der Waals surface area (Å²) in [4.78, 5) is 14.1. The predicted molar refractivity (Wildman–Crippen MR) is 70.8 cm³/mol.